The van der Waals surface area contributed by atoms with Gasteiger partial charge in [0.1, 0.15) is 12.6 Å². The van der Waals surface area contributed by atoms with Crippen molar-refractivity contribution in [2.24, 2.45) is 0 Å². The quantitative estimate of drug-likeness (QED) is 0.321. The number of aryl methyl sites for hydroxylation is 1. The summed E-state index contributed by atoms with van der Waals surface area (Å²) in [5.41, 5.74) is -2.63. The van der Waals surface area contributed by atoms with E-state index in [1.165, 1.54) is 24.3 Å². The lowest BCUT2D eigenvalue weighted by Crippen LogP contribution is -2.51. The number of ether oxygens (including phenoxy) is 1. The maximum absolute atomic E-state index is 15.5. The number of rotatable bonds is 8. The number of nitrogens with one attached hydrogen (secondary N) is 1. The standard InChI is InChI=1S/C28H27ClF2N2O7S/c1-18-7-10-21(11-8-18)41(38,39)32-23(15-19-5-3-2-4-6-19)25(34)40-17-27(37)22-16-20(29)9-12-24(22)33(26(35)36)14-13-28(27,30)31/h2-12,16,23,32,37H,13-15,17H2,1H3,(H,35,36)/t23-,27-/m0/s1. The zero-order valence-corrected chi connectivity index (χ0v) is 23.3. The molecule has 0 radical (unpaired) electrons. The predicted octanol–water partition coefficient (Wildman–Crippen LogP) is 4.49. The van der Waals surface area contributed by atoms with Crippen LogP contribution >= 0.6 is 11.6 Å². The SMILES string of the molecule is Cc1ccc(S(=O)(=O)N[C@@H](Cc2ccccc2)C(=O)OC[C@]2(O)c3cc(Cl)ccc3N(C(=O)O)CCC2(F)F)cc1. The second kappa shape index (κ2) is 11.7. The molecule has 13 heteroatoms. The molecule has 0 saturated carbocycles. The molecule has 3 N–H and O–H groups in total. The molecule has 0 bridgehead atoms. The topological polar surface area (TPSA) is 133 Å². The third-order valence-corrected chi connectivity index (χ3v) is 8.52. The molecule has 0 saturated heterocycles. The minimum atomic E-state index is -4.25. The molecule has 1 amide bonds. The highest BCUT2D eigenvalue weighted by Gasteiger charge is 2.58. The molecule has 0 unspecified atom stereocenters. The number of aliphatic hydroxyl groups is 1. The van der Waals surface area contributed by atoms with Gasteiger partial charge in [-0.25, -0.2) is 22.0 Å². The molecule has 1 aliphatic heterocycles. The largest absolute Gasteiger partial charge is 0.465 e. The van der Waals surface area contributed by atoms with Crippen LogP contribution in [0, 0.1) is 6.92 Å². The highest BCUT2D eigenvalue weighted by atomic mass is 35.5. The number of carboxylic acid groups (broad SMARTS) is 1. The van der Waals surface area contributed by atoms with E-state index in [9.17, 15) is 28.2 Å². The average Bonchev–Trinajstić information content (AvgIpc) is 3.00. The first-order valence-corrected chi connectivity index (χ1v) is 14.3. The lowest BCUT2D eigenvalue weighted by atomic mass is 9.86. The van der Waals surface area contributed by atoms with Crippen LogP contribution in [0.15, 0.2) is 77.7 Å². The van der Waals surface area contributed by atoms with Crippen molar-refractivity contribution in [3.05, 3.63) is 94.5 Å². The maximum Gasteiger partial charge on any atom is 0.411 e. The van der Waals surface area contributed by atoms with Gasteiger partial charge < -0.3 is 14.9 Å². The van der Waals surface area contributed by atoms with Crippen LogP contribution in [0.3, 0.4) is 0 Å². The van der Waals surface area contributed by atoms with E-state index in [2.05, 4.69) is 4.72 Å². The summed E-state index contributed by atoms with van der Waals surface area (Å²) < 4.78 is 64.6. The number of benzene rings is 3. The Morgan fingerprint density at radius 3 is 2.39 bits per heavy atom. The fourth-order valence-corrected chi connectivity index (χ4v) is 5.86. The molecule has 4 rings (SSSR count). The van der Waals surface area contributed by atoms with Crippen LogP contribution in [0.25, 0.3) is 0 Å². The van der Waals surface area contributed by atoms with Gasteiger partial charge in [0.25, 0.3) is 5.92 Å². The van der Waals surface area contributed by atoms with Crippen LogP contribution in [-0.2, 0) is 31.6 Å². The Morgan fingerprint density at radius 1 is 1.10 bits per heavy atom. The van der Waals surface area contributed by atoms with Crippen LogP contribution in [0.4, 0.5) is 19.3 Å². The van der Waals surface area contributed by atoms with Crippen molar-refractivity contribution in [3.63, 3.8) is 0 Å². The molecular weight excluding hydrogens is 582 g/mol. The summed E-state index contributed by atoms with van der Waals surface area (Å²) >= 11 is 6.02. The van der Waals surface area contributed by atoms with E-state index in [0.29, 0.717) is 10.5 Å². The minimum absolute atomic E-state index is 0.0654. The van der Waals surface area contributed by atoms with Crippen molar-refractivity contribution in [2.75, 3.05) is 18.1 Å². The highest BCUT2D eigenvalue weighted by molar-refractivity contribution is 7.89. The number of nitrogens with zero attached hydrogens (tertiary/aromatic N) is 1. The molecule has 218 valence electrons. The summed E-state index contributed by atoms with van der Waals surface area (Å²) in [6.45, 7) is -0.189. The first-order chi connectivity index (χ1) is 19.2. The average molecular weight is 609 g/mol. The lowest BCUT2D eigenvalue weighted by molar-refractivity contribution is -0.214. The van der Waals surface area contributed by atoms with Gasteiger partial charge in [0, 0.05) is 23.6 Å². The number of halogens is 3. The summed E-state index contributed by atoms with van der Waals surface area (Å²) in [6, 6.07) is 16.1. The number of anilines is 1. The summed E-state index contributed by atoms with van der Waals surface area (Å²) in [5.74, 6) is -5.19. The smallest absolute Gasteiger partial charge is 0.411 e. The van der Waals surface area contributed by atoms with E-state index in [1.807, 2.05) is 0 Å². The van der Waals surface area contributed by atoms with Gasteiger partial charge in [0.05, 0.1) is 10.6 Å². The van der Waals surface area contributed by atoms with Gasteiger partial charge in [0.15, 0.2) is 5.60 Å². The van der Waals surface area contributed by atoms with E-state index in [-0.39, 0.29) is 22.0 Å². The third kappa shape index (κ3) is 6.51. The molecule has 41 heavy (non-hydrogen) atoms. The molecule has 0 fully saturated rings. The van der Waals surface area contributed by atoms with Crippen molar-refractivity contribution in [1.29, 1.82) is 0 Å². The second-order valence-electron chi connectivity index (χ2n) is 9.69. The molecule has 3 aromatic carbocycles. The van der Waals surface area contributed by atoms with E-state index in [4.69, 9.17) is 16.3 Å². The van der Waals surface area contributed by atoms with Gasteiger partial charge in [-0.05, 0) is 49.2 Å². The molecular formula is C28H27ClF2N2O7S. The van der Waals surface area contributed by atoms with Crippen molar-refractivity contribution in [2.45, 2.75) is 42.2 Å². The van der Waals surface area contributed by atoms with Gasteiger partial charge >= 0.3 is 12.1 Å². The fourth-order valence-electron chi connectivity index (χ4n) is 4.51. The molecule has 2 atom stereocenters. The number of alkyl halides is 2. The van der Waals surface area contributed by atoms with Gasteiger partial charge in [-0.3, -0.25) is 9.69 Å². The number of carbonyl (C=O) groups excluding carboxylic acids is 1. The number of carbonyl (C=O) groups is 2. The number of hydrogen-bond acceptors (Lipinski definition) is 6. The Hall–Kier alpha value is -3.58. The molecule has 0 spiro atoms. The number of hydrogen-bond donors (Lipinski definition) is 3. The third-order valence-electron chi connectivity index (χ3n) is 6.80. The minimum Gasteiger partial charge on any atom is -0.465 e. The highest BCUT2D eigenvalue weighted by Crippen LogP contribution is 2.47. The number of sulfonamides is 1. The molecule has 1 aliphatic rings. The zero-order valence-electron chi connectivity index (χ0n) is 21.8. The number of amides is 1. The van der Waals surface area contributed by atoms with Crippen LogP contribution in [0.2, 0.25) is 5.02 Å². The van der Waals surface area contributed by atoms with Crippen molar-refractivity contribution >= 4 is 39.4 Å². The first kappa shape index (κ1) is 30.4. The molecule has 3 aromatic rings. The normalized spacial score (nSPS) is 19.1. The molecule has 0 aliphatic carbocycles. The lowest BCUT2D eigenvalue weighted by Gasteiger charge is -2.35. The van der Waals surface area contributed by atoms with E-state index >= 15 is 8.78 Å². The Labute approximate surface area is 240 Å². The van der Waals surface area contributed by atoms with Crippen molar-refractivity contribution in [3.8, 4) is 0 Å². The van der Waals surface area contributed by atoms with Gasteiger partial charge in [-0.15, -0.1) is 0 Å². The van der Waals surface area contributed by atoms with Crippen LogP contribution in [0.1, 0.15) is 23.1 Å². The summed E-state index contributed by atoms with van der Waals surface area (Å²) in [5, 5.41) is 20.9. The second-order valence-corrected chi connectivity index (χ2v) is 11.8. The number of fused-ring (bicyclic) bond motifs is 1. The molecule has 1 heterocycles. The summed E-state index contributed by atoms with van der Waals surface area (Å²) in [7, 11) is -4.25. The summed E-state index contributed by atoms with van der Waals surface area (Å²) in [6.07, 6.45) is -2.80. The zero-order chi connectivity index (χ0) is 30.0. The van der Waals surface area contributed by atoms with E-state index in [1.54, 1.807) is 49.4 Å². The van der Waals surface area contributed by atoms with Crippen molar-refractivity contribution < 1.29 is 41.7 Å². The fraction of sp³-hybridized carbons (Fsp3) is 0.286. The Kier molecular flexibility index (Phi) is 8.69. The van der Waals surface area contributed by atoms with E-state index in [0.717, 1.165) is 11.6 Å². The number of esters is 1. The van der Waals surface area contributed by atoms with Crippen LogP contribution in [-0.4, -0.2) is 55.8 Å². The molecule has 0 aromatic heterocycles. The van der Waals surface area contributed by atoms with E-state index < -0.39 is 64.8 Å². The predicted molar refractivity (Wildman–Crippen MR) is 147 cm³/mol. The van der Waals surface area contributed by atoms with Crippen LogP contribution in [0.5, 0.6) is 0 Å². The Balaban J connectivity index is 1.67. The van der Waals surface area contributed by atoms with Gasteiger partial charge in [-0.2, -0.15) is 4.72 Å². The van der Waals surface area contributed by atoms with Crippen LogP contribution < -0.4 is 9.62 Å². The maximum atomic E-state index is 15.5. The molecule has 9 nitrogen and oxygen atoms in total. The van der Waals surface area contributed by atoms with Gasteiger partial charge in [-0.1, -0.05) is 59.6 Å². The summed E-state index contributed by atoms with van der Waals surface area (Å²) in [4.78, 5) is 25.6. The first-order valence-electron chi connectivity index (χ1n) is 12.4. The van der Waals surface area contributed by atoms with Gasteiger partial charge in [0.2, 0.25) is 10.0 Å². The van der Waals surface area contributed by atoms with Crippen molar-refractivity contribution in [1.82, 2.24) is 4.72 Å². The Morgan fingerprint density at radius 2 is 1.76 bits per heavy atom. The Bertz CT molecular complexity index is 1540. The monoisotopic (exact) mass is 608 g/mol.